The van der Waals surface area contributed by atoms with Gasteiger partial charge < -0.3 is 19.5 Å². The van der Waals surface area contributed by atoms with E-state index in [0.717, 1.165) is 21.4 Å². The van der Waals surface area contributed by atoms with Crippen molar-refractivity contribution in [3.63, 3.8) is 0 Å². The fourth-order valence-electron chi connectivity index (χ4n) is 4.06. The molecule has 3 heterocycles. The smallest absolute Gasteiger partial charge is 0.407 e. The van der Waals surface area contributed by atoms with Crippen LogP contribution < -0.4 is 14.8 Å². The van der Waals surface area contributed by atoms with Crippen molar-refractivity contribution in [2.75, 3.05) is 13.7 Å². The van der Waals surface area contributed by atoms with Crippen molar-refractivity contribution in [3.8, 4) is 22.2 Å². The van der Waals surface area contributed by atoms with Crippen LogP contribution in [0.1, 0.15) is 31.9 Å². The highest BCUT2D eigenvalue weighted by Gasteiger charge is 2.31. The minimum atomic E-state index is -0.535. The van der Waals surface area contributed by atoms with Gasteiger partial charge in [-0.05, 0) is 45.4 Å². The zero-order valence-electron chi connectivity index (χ0n) is 20.1. The van der Waals surface area contributed by atoms with Crippen LogP contribution in [0.25, 0.3) is 31.8 Å². The third kappa shape index (κ3) is 4.58. The van der Waals surface area contributed by atoms with Gasteiger partial charge in [-0.2, -0.15) is 0 Å². The number of hydrogen-bond acceptors (Lipinski definition) is 8. The number of benzene rings is 2. The molecular weight excluding hydrogens is 471 g/mol. The van der Waals surface area contributed by atoms with Crippen molar-refractivity contribution in [3.05, 3.63) is 41.3 Å². The molecule has 0 spiro atoms. The fourth-order valence-corrected chi connectivity index (χ4v) is 5.17. The van der Waals surface area contributed by atoms with Gasteiger partial charge in [-0.1, -0.05) is 0 Å². The Kier molecular flexibility index (Phi) is 5.71. The SMILES string of the molecule is COc1cnc2c(-c3nc4cc(F)c5c(c4s3)C[C@@H](COC(=O)NC(C)(C)C)O5)cc(C)cc2n1. The largest absolute Gasteiger partial charge is 0.483 e. The van der Waals surface area contributed by atoms with Gasteiger partial charge in [0.2, 0.25) is 5.88 Å². The van der Waals surface area contributed by atoms with E-state index < -0.39 is 23.6 Å². The number of rotatable bonds is 4. The molecule has 0 unspecified atom stereocenters. The van der Waals surface area contributed by atoms with Gasteiger partial charge in [-0.25, -0.2) is 24.1 Å². The Morgan fingerprint density at radius 1 is 1.26 bits per heavy atom. The Morgan fingerprint density at radius 2 is 2.06 bits per heavy atom. The number of carbonyl (C=O) groups excluding carboxylic acids is 1. The van der Waals surface area contributed by atoms with Crippen LogP contribution in [0.5, 0.6) is 11.6 Å². The van der Waals surface area contributed by atoms with Gasteiger partial charge in [-0.3, -0.25) is 0 Å². The van der Waals surface area contributed by atoms with E-state index in [1.165, 1.54) is 17.4 Å². The molecule has 0 fully saturated rings. The molecule has 4 aromatic rings. The van der Waals surface area contributed by atoms with Crippen LogP contribution >= 0.6 is 11.3 Å². The molecule has 0 saturated heterocycles. The number of nitrogens with zero attached hydrogens (tertiary/aromatic N) is 3. The maximum absolute atomic E-state index is 14.9. The Morgan fingerprint density at radius 3 is 2.80 bits per heavy atom. The molecule has 2 aromatic carbocycles. The van der Waals surface area contributed by atoms with Gasteiger partial charge >= 0.3 is 6.09 Å². The van der Waals surface area contributed by atoms with Crippen molar-refractivity contribution in [1.82, 2.24) is 20.3 Å². The molecule has 182 valence electrons. The van der Waals surface area contributed by atoms with Crippen molar-refractivity contribution >= 4 is 38.7 Å². The molecule has 0 bridgehead atoms. The van der Waals surface area contributed by atoms with Crippen molar-refractivity contribution in [1.29, 1.82) is 0 Å². The summed E-state index contributed by atoms with van der Waals surface area (Å²) in [6.07, 6.45) is 0.978. The molecule has 1 aliphatic heterocycles. The highest BCUT2D eigenvalue weighted by molar-refractivity contribution is 7.22. The standard InChI is InChI=1S/C25H25FN4O4S/c1-12-6-14(20-17(7-12)28-19(32-5)10-27-20)23-29-18-9-16(26)21-15(22(18)35-23)8-13(34-21)11-33-24(31)30-25(2,3)4/h6-7,9-10,13H,8,11H2,1-5H3,(H,30,31)/t13-/m0/s1. The average Bonchev–Trinajstić information content (AvgIpc) is 3.40. The van der Waals surface area contributed by atoms with E-state index in [2.05, 4.69) is 15.3 Å². The van der Waals surface area contributed by atoms with Crippen molar-refractivity contribution in [2.24, 2.45) is 0 Å². The monoisotopic (exact) mass is 496 g/mol. The highest BCUT2D eigenvalue weighted by atomic mass is 32.1. The second-order valence-electron chi connectivity index (χ2n) is 9.54. The molecule has 1 aliphatic rings. The van der Waals surface area contributed by atoms with E-state index in [0.29, 0.717) is 33.9 Å². The van der Waals surface area contributed by atoms with Gasteiger partial charge in [0, 0.05) is 29.2 Å². The van der Waals surface area contributed by atoms with Crippen LogP contribution in [0.2, 0.25) is 0 Å². The summed E-state index contributed by atoms with van der Waals surface area (Å²) in [6.45, 7) is 7.59. The Labute approximate surface area is 205 Å². The molecule has 5 rings (SSSR count). The van der Waals surface area contributed by atoms with Gasteiger partial charge in [0.15, 0.2) is 11.6 Å². The summed E-state index contributed by atoms with van der Waals surface area (Å²) in [7, 11) is 1.55. The lowest BCUT2D eigenvalue weighted by Gasteiger charge is -2.20. The van der Waals surface area contributed by atoms with E-state index in [1.807, 2.05) is 39.8 Å². The number of amides is 1. The lowest BCUT2D eigenvalue weighted by Crippen LogP contribution is -2.42. The van der Waals surface area contributed by atoms with Crippen molar-refractivity contribution in [2.45, 2.75) is 45.8 Å². The number of methoxy groups -OCH3 is 1. The predicted molar refractivity (Wildman–Crippen MR) is 132 cm³/mol. The summed E-state index contributed by atoms with van der Waals surface area (Å²) in [5.41, 5.74) is 4.09. The lowest BCUT2D eigenvalue weighted by molar-refractivity contribution is 0.0865. The first-order valence-corrected chi connectivity index (χ1v) is 12.0. The number of carbonyl (C=O) groups is 1. The normalized spacial score (nSPS) is 15.2. The van der Waals surface area contributed by atoms with Gasteiger partial charge in [-0.15, -0.1) is 11.3 Å². The second kappa shape index (κ2) is 8.60. The first-order chi connectivity index (χ1) is 16.6. The molecule has 8 nitrogen and oxygen atoms in total. The molecule has 35 heavy (non-hydrogen) atoms. The summed E-state index contributed by atoms with van der Waals surface area (Å²) in [6, 6.07) is 5.32. The number of halogens is 1. The maximum Gasteiger partial charge on any atom is 0.407 e. The van der Waals surface area contributed by atoms with E-state index in [-0.39, 0.29) is 12.4 Å². The Bertz CT molecular complexity index is 1460. The molecule has 1 atom stereocenters. The summed E-state index contributed by atoms with van der Waals surface area (Å²) < 4.78 is 32.1. The van der Waals surface area contributed by atoms with Gasteiger partial charge in [0.05, 0.1) is 34.6 Å². The maximum atomic E-state index is 14.9. The van der Waals surface area contributed by atoms with E-state index >= 15 is 0 Å². The predicted octanol–water partition coefficient (Wildman–Crippen LogP) is 5.19. The molecule has 0 radical (unpaired) electrons. The molecule has 1 amide bonds. The fraction of sp³-hybridized carbons (Fsp3) is 0.360. The summed E-state index contributed by atoms with van der Waals surface area (Å²) >= 11 is 1.46. The van der Waals surface area contributed by atoms with Crippen molar-refractivity contribution < 1.29 is 23.4 Å². The van der Waals surface area contributed by atoms with E-state index in [9.17, 15) is 9.18 Å². The minimum Gasteiger partial charge on any atom is -0.483 e. The number of alkyl carbamates (subject to hydrolysis) is 1. The minimum absolute atomic E-state index is 0.0170. The number of fused-ring (bicyclic) bond motifs is 4. The molecule has 0 saturated carbocycles. The first-order valence-electron chi connectivity index (χ1n) is 11.2. The molecule has 0 aliphatic carbocycles. The van der Waals surface area contributed by atoms with Crippen LogP contribution in [-0.2, 0) is 11.2 Å². The van der Waals surface area contributed by atoms with Crippen LogP contribution in [0.4, 0.5) is 9.18 Å². The third-order valence-corrected chi connectivity index (χ3v) is 6.65. The summed E-state index contributed by atoms with van der Waals surface area (Å²) in [5, 5.41) is 3.45. The number of ether oxygens (including phenoxy) is 3. The van der Waals surface area contributed by atoms with Crippen LogP contribution in [-0.4, -0.2) is 46.4 Å². The zero-order chi connectivity index (χ0) is 24.9. The summed E-state index contributed by atoms with van der Waals surface area (Å²) in [4.78, 5) is 25.8. The Balaban J connectivity index is 1.47. The molecule has 10 heteroatoms. The summed E-state index contributed by atoms with van der Waals surface area (Å²) in [5.74, 6) is 0.139. The van der Waals surface area contributed by atoms with Gasteiger partial charge in [0.1, 0.15) is 17.7 Å². The molecule has 2 aromatic heterocycles. The zero-order valence-corrected chi connectivity index (χ0v) is 20.9. The number of aromatic nitrogens is 3. The molecule has 1 N–H and O–H groups in total. The van der Waals surface area contributed by atoms with E-state index in [1.54, 1.807) is 13.3 Å². The van der Waals surface area contributed by atoms with Crippen LogP contribution in [0.3, 0.4) is 0 Å². The average molecular weight is 497 g/mol. The first kappa shape index (κ1) is 23.2. The topological polar surface area (TPSA) is 95.5 Å². The lowest BCUT2D eigenvalue weighted by atomic mass is 10.1. The van der Waals surface area contributed by atoms with Gasteiger partial charge in [0.25, 0.3) is 0 Å². The molecular formula is C25H25FN4O4S. The van der Waals surface area contributed by atoms with Crippen LogP contribution in [0.15, 0.2) is 24.4 Å². The Hall–Kier alpha value is -3.53. The number of hydrogen-bond donors (Lipinski definition) is 1. The quantitative estimate of drug-likeness (QED) is 0.415. The number of aryl methyl sites for hydroxylation is 1. The number of nitrogens with one attached hydrogen (secondary N) is 1. The second-order valence-corrected chi connectivity index (χ2v) is 10.5. The highest BCUT2D eigenvalue weighted by Crippen LogP contribution is 2.43. The third-order valence-electron chi connectivity index (χ3n) is 5.48. The van der Waals surface area contributed by atoms with E-state index in [4.69, 9.17) is 19.2 Å². The van der Waals surface area contributed by atoms with Crippen LogP contribution in [0, 0.1) is 12.7 Å². The number of thiazole rings is 1.